The lowest BCUT2D eigenvalue weighted by molar-refractivity contribution is -0.384. The number of non-ortho nitro benzene ring substituents is 1. The predicted octanol–water partition coefficient (Wildman–Crippen LogP) is 4.42. The van der Waals surface area contributed by atoms with Gasteiger partial charge in [0.15, 0.2) is 5.76 Å². The summed E-state index contributed by atoms with van der Waals surface area (Å²) < 4.78 is 5.60. The van der Waals surface area contributed by atoms with Crippen LogP contribution in [0.15, 0.2) is 65.1 Å². The fourth-order valence-corrected chi connectivity index (χ4v) is 2.36. The molecule has 0 unspecified atom stereocenters. The number of rotatable bonds is 4. The molecule has 0 aliphatic heterocycles. The number of nitrogens with one attached hydrogen (secondary N) is 1. The Morgan fingerprint density at radius 1 is 1.08 bits per heavy atom. The Kier molecular flexibility index (Phi) is 4.11. The van der Waals surface area contributed by atoms with Gasteiger partial charge in [0.1, 0.15) is 5.76 Å². The Balaban J connectivity index is 1.83. The number of para-hydroxylation sites is 1. The van der Waals surface area contributed by atoms with E-state index in [1.54, 1.807) is 37.3 Å². The van der Waals surface area contributed by atoms with Crippen LogP contribution in [0.4, 0.5) is 11.4 Å². The van der Waals surface area contributed by atoms with E-state index >= 15 is 0 Å². The highest BCUT2D eigenvalue weighted by Crippen LogP contribution is 2.28. The van der Waals surface area contributed by atoms with Crippen molar-refractivity contribution in [1.82, 2.24) is 0 Å². The van der Waals surface area contributed by atoms with Crippen molar-refractivity contribution in [2.75, 3.05) is 5.32 Å². The number of amides is 1. The van der Waals surface area contributed by atoms with Crippen LogP contribution in [0.1, 0.15) is 16.1 Å². The van der Waals surface area contributed by atoms with Gasteiger partial charge in [0.2, 0.25) is 0 Å². The van der Waals surface area contributed by atoms with Crippen molar-refractivity contribution in [3.05, 3.63) is 82.1 Å². The van der Waals surface area contributed by atoms with Crippen molar-refractivity contribution in [3.63, 3.8) is 0 Å². The van der Waals surface area contributed by atoms with Crippen molar-refractivity contribution in [3.8, 4) is 11.3 Å². The number of furan rings is 1. The first-order valence-electron chi connectivity index (χ1n) is 7.26. The largest absolute Gasteiger partial charge is 0.451 e. The highest BCUT2D eigenvalue weighted by molar-refractivity contribution is 6.02. The van der Waals surface area contributed by atoms with Gasteiger partial charge < -0.3 is 9.73 Å². The van der Waals surface area contributed by atoms with E-state index in [-0.39, 0.29) is 17.4 Å². The number of nitrogens with zero attached hydrogens (tertiary/aromatic N) is 1. The second kappa shape index (κ2) is 6.37. The average Bonchev–Trinajstić information content (AvgIpc) is 3.05. The van der Waals surface area contributed by atoms with Crippen LogP contribution >= 0.6 is 0 Å². The second-order valence-electron chi connectivity index (χ2n) is 5.24. The minimum absolute atomic E-state index is 0.0184. The number of aryl methyl sites for hydroxylation is 1. The van der Waals surface area contributed by atoms with Gasteiger partial charge >= 0.3 is 0 Å². The van der Waals surface area contributed by atoms with Gasteiger partial charge in [-0.25, -0.2) is 0 Å². The van der Waals surface area contributed by atoms with Crippen LogP contribution in [-0.2, 0) is 0 Å². The van der Waals surface area contributed by atoms with Crippen LogP contribution in [0, 0.1) is 17.0 Å². The Bertz CT molecular complexity index is 900. The van der Waals surface area contributed by atoms with Gasteiger partial charge in [0, 0.05) is 23.4 Å². The lowest BCUT2D eigenvalue weighted by Crippen LogP contribution is -2.10. The minimum Gasteiger partial charge on any atom is -0.451 e. The quantitative estimate of drug-likeness (QED) is 0.569. The van der Waals surface area contributed by atoms with E-state index in [1.807, 2.05) is 18.2 Å². The molecule has 6 nitrogen and oxygen atoms in total. The fourth-order valence-electron chi connectivity index (χ4n) is 2.36. The van der Waals surface area contributed by atoms with Crippen LogP contribution in [0.2, 0.25) is 0 Å². The summed E-state index contributed by atoms with van der Waals surface area (Å²) in [6, 6.07) is 16.8. The molecular weight excluding hydrogens is 308 g/mol. The van der Waals surface area contributed by atoms with Crippen LogP contribution in [-0.4, -0.2) is 10.8 Å². The van der Waals surface area contributed by atoms with Crippen molar-refractivity contribution < 1.29 is 14.1 Å². The Morgan fingerprint density at radius 2 is 1.83 bits per heavy atom. The molecule has 3 aromatic rings. The summed E-state index contributed by atoms with van der Waals surface area (Å²) in [7, 11) is 0. The Labute approximate surface area is 137 Å². The molecule has 0 radical (unpaired) electrons. The zero-order valence-corrected chi connectivity index (χ0v) is 12.9. The molecule has 24 heavy (non-hydrogen) atoms. The predicted molar refractivity (Wildman–Crippen MR) is 89.9 cm³/mol. The number of carbonyl (C=O) groups excluding carboxylic acids is 1. The van der Waals surface area contributed by atoms with Crippen LogP contribution in [0.5, 0.6) is 0 Å². The smallest absolute Gasteiger partial charge is 0.291 e. The van der Waals surface area contributed by atoms with E-state index in [0.29, 0.717) is 22.6 Å². The topological polar surface area (TPSA) is 85.4 Å². The number of carbonyl (C=O) groups is 1. The molecule has 0 aliphatic carbocycles. The first-order chi connectivity index (χ1) is 11.5. The highest BCUT2D eigenvalue weighted by Gasteiger charge is 2.15. The molecule has 1 N–H and O–H groups in total. The van der Waals surface area contributed by atoms with Gasteiger partial charge in [0.25, 0.3) is 11.6 Å². The average molecular weight is 322 g/mol. The maximum absolute atomic E-state index is 12.2. The van der Waals surface area contributed by atoms with Crippen molar-refractivity contribution in [1.29, 1.82) is 0 Å². The number of nitro benzene ring substituents is 1. The molecule has 2 aromatic carbocycles. The first kappa shape index (κ1) is 15.5. The summed E-state index contributed by atoms with van der Waals surface area (Å²) in [4.78, 5) is 22.5. The SMILES string of the molecule is Cc1cc([N+](=O)[O-])ccc1-c1ccc(C(=O)Nc2ccccc2)o1. The van der Waals surface area contributed by atoms with Crippen molar-refractivity contribution >= 4 is 17.3 Å². The monoisotopic (exact) mass is 322 g/mol. The van der Waals surface area contributed by atoms with Crippen LogP contribution in [0.3, 0.4) is 0 Å². The Morgan fingerprint density at radius 3 is 2.50 bits per heavy atom. The first-order valence-corrected chi connectivity index (χ1v) is 7.26. The van der Waals surface area contributed by atoms with Crippen molar-refractivity contribution in [2.24, 2.45) is 0 Å². The normalized spacial score (nSPS) is 10.4. The molecule has 1 heterocycles. The van der Waals surface area contributed by atoms with Crippen molar-refractivity contribution in [2.45, 2.75) is 6.92 Å². The van der Waals surface area contributed by atoms with Gasteiger partial charge in [-0.15, -0.1) is 0 Å². The third-order valence-corrected chi connectivity index (χ3v) is 3.55. The maximum atomic E-state index is 12.2. The third kappa shape index (κ3) is 3.17. The van der Waals surface area contributed by atoms with E-state index in [2.05, 4.69) is 5.32 Å². The van der Waals surface area contributed by atoms with Gasteiger partial charge in [0.05, 0.1) is 4.92 Å². The van der Waals surface area contributed by atoms with E-state index < -0.39 is 4.92 Å². The summed E-state index contributed by atoms with van der Waals surface area (Å²) >= 11 is 0. The molecular formula is C18H14N2O4. The van der Waals surface area contributed by atoms with Crippen LogP contribution in [0.25, 0.3) is 11.3 Å². The molecule has 0 spiro atoms. The van der Waals surface area contributed by atoms with E-state index in [1.165, 1.54) is 12.1 Å². The van der Waals surface area contributed by atoms with Crippen LogP contribution < -0.4 is 5.32 Å². The standard InChI is InChI=1S/C18H14N2O4/c1-12-11-14(20(22)23)7-8-15(12)16-9-10-17(24-16)18(21)19-13-5-3-2-4-6-13/h2-11H,1H3,(H,19,21). The summed E-state index contributed by atoms with van der Waals surface area (Å²) in [6.45, 7) is 1.76. The molecule has 0 bridgehead atoms. The van der Waals surface area contributed by atoms with E-state index in [9.17, 15) is 14.9 Å². The summed E-state index contributed by atoms with van der Waals surface area (Å²) in [5, 5.41) is 13.5. The molecule has 1 aromatic heterocycles. The van der Waals surface area contributed by atoms with Gasteiger partial charge in [-0.2, -0.15) is 0 Å². The molecule has 6 heteroatoms. The molecule has 120 valence electrons. The third-order valence-electron chi connectivity index (χ3n) is 3.55. The number of anilines is 1. The highest BCUT2D eigenvalue weighted by atomic mass is 16.6. The zero-order chi connectivity index (χ0) is 17.1. The Hall–Kier alpha value is -3.41. The fraction of sp³-hybridized carbons (Fsp3) is 0.0556. The summed E-state index contributed by atoms with van der Waals surface area (Å²) in [6.07, 6.45) is 0. The molecule has 0 fully saturated rings. The minimum atomic E-state index is -0.447. The number of benzene rings is 2. The molecule has 0 saturated heterocycles. The summed E-state index contributed by atoms with van der Waals surface area (Å²) in [5.74, 6) is 0.305. The maximum Gasteiger partial charge on any atom is 0.291 e. The number of hydrogen-bond donors (Lipinski definition) is 1. The lowest BCUT2D eigenvalue weighted by atomic mass is 10.1. The molecule has 0 aliphatic rings. The number of hydrogen-bond acceptors (Lipinski definition) is 4. The second-order valence-corrected chi connectivity index (χ2v) is 5.24. The lowest BCUT2D eigenvalue weighted by Gasteiger charge is -2.04. The summed E-state index contributed by atoms with van der Waals surface area (Å²) in [5.41, 5.74) is 2.10. The van der Waals surface area contributed by atoms with E-state index in [0.717, 1.165) is 0 Å². The zero-order valence-electron chi connectivity index (χ0n) is 12.9. The van der Waals surface area contributed by atoms with Gasteiger partial charge in [-0.05, 0) is 42.8 Å². The number of nitro groups is 1. The van der Waals surface area contributed by atoms with Gasteiger partial charge in [-0.3, -0.25) is 14.9 Å². The van der Waals surface area contributed by atoms with E-state index in [4.69, 9.17) is 4.42 Å². The molecule has 0 saturated carbocycles. The molecule has 1 amide bonds. The molecule has 0 atom stereocenters. The van der Waals surface area contributed by atoms with Gasteiger partial charge in [-0.1, -0.05) is 18.2 Å². The molecule has 3 rings (SSSR count).